The smallest absolute Gasteiger partial charge is 0.225 e. The number of fused-ring (bicyclic) bond motifs is 1. The summed E-state index contributed by atoms with van der Waals surface area (Å²) >= 11 is 0. The van der Waals surface area contributed by atoms with E-state index in [0.717, 1.165) is 54.3 Å². The minimum atomic E-state index is -1.25. The first-order valence-electron chi connectivity index (χ1n) is 11.9. The number of hydrogen-bond donors (Lipinski definition) is 1. The molecule has 0 spiro atoms. The molecule has 7 nitrogen and oxygen atoms in total. The Morgan fingerprint density at radius 3 is 2.60 bits per heavy atom. The standard InChI is InChI=1S/C27H27N5O2S/c33-35(26-6-4-21(5-7-26)27-29-10-13-34-27)32-18-22-16-24(30-17-23(22)19-32)14-20-2-1-3-25(15-20)31-11-8-28-9-12-31/h1-7,10,13,15-17,28H,8-9,11-12,14,18-19H2. The van der Waals surface area contributed by atoms with Crippen LogP contribution in [0.1, 0.15) is 22.4 Å². The van der Waals surface area contributed by atoms with E-state index in [9.17, 15) is 4.21 Å². The van der Waals surface area contributed by atoms with Crippen molar-refractivity contribution in [1.29, 1.82) is 0 Å². The number of benzene rings is 2. The predicted octanol–water partition coefficient (Wildman–Crippen LogP) is 3.78. The van der Waals surface area contributed by atoms with Crippen LogP contribution in [0.2, 0.25) is 0 Å². The van der Waals surface area contributed by atoms with Gasteiger partial charge in [-0.15, -0.1) is 0 Å². The molecule has 178 valence electrons. The molecule has 4 aromatic rings. The van der Waals surface area contributed by atoms with Gasteiger partial charge in [0, 0.05) is 68.8 Å². The van der Waals surface area contributed by atoms with Gasteiger partial charge in [0.25, 0.3) is 0 Å². The van der Waals surface area contributed by atoms with Crippen LogP contribution in [0.4, 0.5) is 5.69 Å². The molecule has 1 fully saturated rings. The summed E-state index contributed by atoms with van der Waals surface area (Å²) in [6.45, 7) is 5.42. The Morgan fingerprint density at radius 2 is 1.80 bits per heavy atom. The highest BCUT2D eigenvalue weighted by Crippen LogP contribution is 2.28. The Morgan fingerprint density at radius 1 is 0.971 bits per heavy atom. The molecule has 2 aromatic heterocycles. The molecule has 35 heavy (non-hydrogen) atoms. The van der Waals surface area contributed by atoms with Gasteiger partial charge in [-0.3, -0.25) is 4.98 Å². The molecule has 4 heterocycles. The van der Waals surface area contributed by atoms with E-state index in [1.807, 2.05) is 34.8 Å². The van der Waals surface area contributed by atoms with E-state index in [-0.39, 0.29) is 0 Å². The summed E-state index contributed by atoms with van der Waals surface area (Å²) in [6, 6.07) is 18.5. The molecule has 2 aliphatic rings. The van der Waals surface area contributed by atoms with E-state index in [4.69, 9.17) is 9.40 Å². The summed E-state index contributed by atoms with van der Waals surface area (Å²) < 4.78 is 20.6. The predicted molar refractivity (Wildman–Crippen MR) is 136 cm³/mol. The van der Waals surface area contributed by atoms with Gasteiger partial charge in [0.15, 0.2) is 0 Å². The molecule has 0 bridgehead atoms. The molecule has 8 heteroatoms. The first kappa shape index (κ1) is 22.2. The average Bonchev–Trinajstić information content (AvgIpc) is 3.59. The van der Waals surface area contributed by atoms with Gasteiger partial charge in [-0.25, -0.2) is 13.5 Å². The summed E-state index contributed by atoms with van der Waals surface area (Å²) in [7, 11) is -1.25. The molecule has 0 radical (unpaired) electrons. The van der Waals surface area contributed by atoms with Gasteiger partial charge in [0.2, 0.25) is 5.89 Å². The summed E-state index contributed by atoms with van der Waals surface area (Å²) in [4.78, 5) is 12.1. The van der Waals surface area contributed by atoms with Gasteiger partial charge < -0.3 is 14.6 Å². The molecule has 2 aliphatic heterocycles. The summed E-state index contributed by atoms with van der Waals surface area (Å²) in [5, 5.41) is 3.41. The van der Waals surface area contributed by atoms with E-state index in [0.29, 0.717) is 19.0 Å². The van der Waals surface area contributed by atoms with Gasteiger partial charge in [0.05, 0.1) is 11.1 Å². The number of oxazole rings is 1. The first-order valence-corrected chi connectivity index (χ1v) is 13.0. The number of anilines is 1. The van der Waals surface area contributed by atoms with E-state index >= 15 is 0 Å². The number of rotatable bonds is 6. The third-order valence-electron chi connectivity index (χ3n) is 6.58. The monoisotopic (exact) mass is 485 g/mol. The maximum absolute atomic E-state index is 13.2. The number of piperazine rings is 1. The van der Waals surface area contributed by atoms with Crippen molar-refractivity contribution in [3.05, 3.63) is 95.6 Å². The molecule has 0 amide bonds. The minimum Gasteiger partial charge on any atom is -0.445 e. The van der Waals surface area contributed by atoms with E-state index < -0.39 is 11.0 Å². The van der Waals surface area contributed by atoms with Crippen LogP contribution in [0.5, 0.6) is 0 Å². The van der Waals surface area contributed by atoms with E-state index in [1.165, 1.54) is 16.8 Å². The maximum atomic E-state index is 13.2. The number of nitrogens with zero attached hydrogens (tertiary/aromatic N) is 4. The Bertz CT molecular complexity index is 1330. The lowest BCUT2D eigenvalue weighted by Crippen LogP contribution is -2.43. The summed E-state index contributed by atoms with van der Waals surface area (Å²) in [6.07, 6.45) is 5.91. The van der Waals surface area contributed by atoms with Crippen LogP contribution < -0.4 is 10.2 Å². The van der Waals surface area contributed by atoms with Crippen LogP contribution in [-0.2, 0) is 30.5 Å². The van der Waals surface area contributed by atoms with Crippen molar-refractivity contribution in [2.24, 2.45) is 0 Å². The van der Waals surface area contributed by atoms with Gasteiger partial charge in [0.1, 0.15) is 17.2 Å². The lowest BCUT2D eigenvalue weighted by molar-refractivity contribution is 0.474. The van der Waals surface area contributed by atoms with Crippen LogP contribution in [0.3, 0.4) is 0 Å². The highest BCUT2D eigenvalue weighted by molar-refractivity contribution is 7.82. The molecule has 1 unspecified atom stereocenters. The van der Waals surface area contributed by atoms with Crippen LogP contribution in [0.15, 0.2) is 82.6 Å². The number of aromatic nitrogens is 2. The molecular formula is C27H27N5O2S. The van der Waals surface area contributed by atoms with Crippen molar-refractivity contribution in [2.45, 2.75) is 24.4 Å². The molecule has 1 N–H and O–H groups in total. The largest absolute Gasteiger partial charge is 0.445 e. The van der Waals surface area contributed by atoms with Crippen molar-refractivity contribution in [3.8, 4) is 11.5 Å². The topological polar surface area (TPSA) is 74.5 Å². The van der Waals surface area contributed by atoms with Gasteiger partial charge in [-0.1, -0.05) is 12.1 Å². The second-order valence-electron chi connectivity index (χ2n) is 8.94. The third kappa shape index (κ3) is 4.77. The average molecular weight is 486 g/mol. The maximum Gasteiger partial charge on any atom is 0.225 e. The van der Waals surface area contributed by atoms with Crippen molar-refractivity contribution in [2.75, 3.05) is 31.1 Å². The Kier molecular flexibility index (Phi) is 6.16. The molecule has 0 saturated carbocycles. The minimum absolute atomic E-state index is 0.563. The first-order chi connectivity index (χ1) is 17.2. The summed E-state index contributed by atoms with van der Waals surface area (Å²) in [5.41, 5.74) is 6.81. The Labute approximate surface area is 207 Å². The summed E-state index contributed by atoms with van der Waals surface area (Å²) in [5.74, 6) is 0.563. The Balaban J connectivity index is 1.13. The van der Waals surface area contributed by atoms with Crippen LogP contribution in [0.25, 0.3) is 11.5 Å². The van der Waals surface area contributed by atoms with Gasteiger partial charge >= 0.3 is 0 Å². The fourth-order valence-electron chi connectivity index (χ4n) is 4.74. The van der Waals surface area contributed by atoms with E-state index in [2.05, 4.69) is 45.5 Å². The van der Waals surface area contributed by atoms with Crippen molar-refractivity contribution >= 4 is 16.7 Å². The number of pyridine rings is 1. The highest BCUT2D eigenvalue weighted by Gasteiger charge is 2.25. The lowest BCUT2D eigenvalue weighted by atomic mass is 10.1. The third-order valence-corrected chi connectivity index (χ3v) is 7.98. The normalized spacial score (nSPS) is 16.9. The number of nitrogens with one attached hydrogen (secondary N) is 1. The SMILES string of the molecule is O=S(c1ccc(-c2ncco2)cc1)N1Cc2cnc(Cc3cccc(N4CCNCC4)c3)cc2C1. The highest BCUT2D eigenvalue weighted by atomic mass is 32.2. The van der Waals surface area contributed by atoms with E-state index in [1.54, 1.807) is 12.5 Å². The zero-order chi connectivity index (χ0) is 23.6. The zero-order valence-electron chi connectivity index (χ0n) is 19.4. The second kappa shape index (κ2) is 9.73. The zero-order valence-corrected chi connectivity index (χ0v) is 20.2. The fourth-order valence-corrected chi connectivity index (χ4v) is 5.92. The van der Waals surface area contributed by atoms with Gasteiger partial charge in [-0.2, -0.15) is 0 Å². The fraction of sp³-hybridized carbons (Fsp3) is 0.259. The quantitative estimate of drug-likeness (QED) is 0.448. The molecule has 6 rings (SSSR count). The molecule has 1 saturated heterocycles. The lowest BCUT2D eigenvalue weighted by Gasteiger charge is -2.29. The van der Waals surface area contributed by atoms with Crippen molar-refractivity contribution in [3.63, 3.8) is 0 Å². The van der Waals surface area contributed by atoms with Gasteiger partial charge in [-0.05, 0) is 59.2 Å². The van der Waals surface area contributed by atoms with Crippen LogP contribution in [0, 0.1) is 0 Å². The van der Waals surface area contributed by atoms with Crippen molar-refractivity contribution in [1.82, 2.24) is 19.6 Å². The molecule has 2 aromatic carbocycles. The van der Waals surface area contributed by atoms with Crippen molar-refractivity contribution < 1.29 is 8.63 Å². The molecule has 1 atom stereocenters. The van der Waals surface area contributed by atoms with Crippen LogP contribution >= 0.6 is 0 Å². The van der Waals surface area contributed by atoms with Crippen LogP contribution in [-0.4, -0.2) is 44.7 Å². The number of hydrogen-bond acceptors (Lipinski definition) is 6. The second-order valence-corrected chi connectivity index (χ2v) is 10.4. The molecular weight excluding hydrogens is 458 g/mol. The Hall–Kier alpha value is -3.33. The molecule has 0 aliphatic carbocycles.